The van der Waals surface area contributed by atoms with Gasteiger partial charge in [-0.05, 0) is 13.0 Å². The molecule has 0 bridgehead atoms. The molecular formula is C12H15ClF3NO3. The number of alkyl halides is 2. The molecule has 20 heavy (non-hydrogen) atoms. The number of hydrogen-bond acceptors (Lipinski definition) is 4. The minimum Gasteiger partial charge on any atom is -0.493 e. The van der Waals surface area contributed by atoms with Gasteiger partial charge in [0.1, 0.15) is 6.04 Å². The second kappa shape index (κ2) is 7.35. The van der Waals surface area contributed by atoms with Crippen LogP contribution >= 0.6 is 12.4 Å². The average molecular weight is 314 g/mol. The highest BCUT2D eigenvalue weighted by Gasteiger charge is 2.48. The second-order valence-corrected chi connectivity index (χ2v) is 3.68. The van der Waals surface area contributed by atoms with Crippen molar-refractivity contribution in [3.8, 4) is 5.75 Å². The molecule has 0 saturated carbocycles. The molecular weight excluding hydrogens is 299 g/mol. The summed E-state index contributed by atoms with van der Waals surface area (Å²) in [6, 6.07) is 1.35. The van der Waals surface area contributed by atoms with Crippen LogP contribution in [0.15, 0.2) is 18.2 Å². The molecule has 0 aliphatic carbocycles. The van der Waals surface area contributed by atoms with Gasteiger partial charge in [-0.15, -0.1) is 12.4 Å². The Hall–Kier alpha value is -1.47. The van der Waals surface area contributed by atoms with Crippen LogP contribution in [0.25, 0.3) is 0 Å². The number of nitrogens with two attached hydrogens (primary N) is 1. The summed E-state index contributed by atoms with van der Waals surface area (Å²) in [7, 11) is 1.12. The molecule has 0 fully saturated rings. The normalized spacial score (nSPS) is 12.3. The third-order valence-electron chi connectivity index (χ3n) is 2.47. The third kappa shape index (κ3) is 3.55. The third-order valence-corrected chi connectivity index (χ3v) is 2.47. The Balaban J connectivity index is 0.00000361. The van der Waals surface area contributed by atoms with E-state index in [4.69, 9.17) is 10.5 Å². The zero-order chi connectivity index (χ0) is 14.6. The molecule has 0 heterocycles. The summed E-state index contributed by atoms with van der Waals surface area (Å²) in [6.07, 6.45) is 0. The summed E-state index contributed by atoms with van der Waals surface area (Å²) in [4.78, 5) is 11.2. The van der Waals surface area contributed by atoms with Crippen LogP contribution in [-0.4, -0.2) is 25.6 Å². The first-order chi connectivity index (χ1) is 8.86. The molecule has 8 heteroatoms. The van der Waals surface area contributed by atoms with Crippen LogP contribution in [0.4, 0.5) is 13.2 Å². The van der Waals surface area contributed by atoms with Gasteiger partial charge in [0.05, 0.1) is 13.7 Å². The van der Waals surface area contributed by atoms with Crippen LogP contribution in [0.2, 0.25) is 0 Å². The molecule has 0 radical (unpaired) electrons. The largest absolute Gasteiger partial charge is 0.493 e. The number of halogens is 4. The Bertz CT molecular complexity index is 471. The van der Waals surface area contributed by atoms with E-state index in [1.807, 2.05) is 0 Å². The van der Waals surface area contributed by atoms with Gasteiger partial charge in [-0.2, -0.15) is 8.78 Å². The molecule has 1 aromatic carbocycles. The quantitative estimate of drug-likeness (QED) is 0.848. The summed E-state index contributed by atoms with van der Waals surface area (Å²) < 4.78 is 49.9. The number of carbonyl (C=O) groups is 1. The van der Waals surface area contributed by atoms with Crippen LogP contribution in [0.5, 0.6) is 5.75 Å². The van der Waals surface area contributed by atoms with E-state index >= 15 is 0 Å². The van der Waals surface area contributed by atoms with E-state index in [1.54, 1.807) is 0 Å². The van der Waals surface area contributed by atoms with Crippen molar-refractivity contribution < 1.29 is 27.4 Å². The van der Waals surface area contributed by atoms with E-state index in [9.17, 15) is 18.0 Å². The number of rotatable bonds is 5. The molecule has 4 nitrogen and oxygen atoms in total. The highest BCUT2D eigenvalue weighted by Crippen LogP contribution is 2.36. The summed E-state index contributed by atoms with van der Waals surface area (Å²) in [6.45, 7) is 1.18. The van der Waals surface area contributed by atoms with E-state index in [2.05, 4.69) is 4.74 Å². The molecule has 1 rings (SSSR count). The zero-order valence-corrected chi connectivity index (χ0v) is 11.7. The van der Waals surface area contributed by atoms with Crippen molar-refractivity contribution in [2.75, 3.05) is 13.7 Å². The monoisotopic (exact) mass is 313 g/mol. The lowest BCUT2D eigenvalue weighted by atomic mass is 10.00. The van der Waals surface area contributed by atoms with Crippen molar-refractivity contribution in [2.45, 2.75) is 18.9 Å². The maximum atomic E-state index is 13.8. The standard InChI is InChI=1S/C12H14F3NO3.ClH/c1-3-19-11(17)12(14,15)10(16)7-5-4-6-8(13)9(7)18-2;/h4-6,10H,3,16H2,1-2H3;1H/t10-;/m1./s1. The van der Waals surface area contributed by atoms with Gasteiger partial charge in [-0.25, -0.2) is 9.18 Å². The van der Waals surface area contributed by atoms with Crippen molar-refractivity contribution in [2.24, 2.45) is 5.73 Å². The molecule has 0 aliphatic rings. The predicted octanol–water partition coefficient (Wildman–Crippen LogP) is 2.45. The lowest BCUT2D eigenvalue weighted by molar-refractivity contribution is -0.174. The van der Waals surface area contributed by atoms with Gasteiger partial charge in [0, 0.05) is 5.56 Å². The van der Waals surface area contributed by atoms with Crippen LogP contribution in [-0.2, 0) is 9.53 Å². The van der Waals surface area contributed by atoms with Gasteiger partial charge in [0.25, 0.3) is 0 Å². The van der Waals surface area contributed by atoms with Crippen molar-refractivity contribution in [3.63, 3.8) is 0 Å². The fraction of sp³-hybridized carbons (Fsp3) is 0.417. The molecule has 0 saturated heterocycles. The van der Waals surface area contributed by atoms with E-state index in [-0.39, 0.29) is 24.6 Å². The van der Waals surface area contributed by atoms with Crippen LogP contribution in [0, 0.1) is 5.82 Å². The van der Waals surface area contributed by atoms with Gasteiger partial charge in [-0.3, -0.25) is 0 Å². The van der Waals surface area contributed by atoms with Crippen LogP contribution < -0.4 is 10.5 Å². The lowest BCUT2D eigenvalue weighted by Gasteiger charge is -2.23. The van der Waals surface area contributed by atoms with Crippen LogP contribution in [0.1, 0.15) is 18.5 Å². The molecule has 0 aliphatic heterocycles. The van der Waals surface area contributed by atoms with E-state index in [1.165, 1.54) is 19.1 Å². The Morgan fingerprint density at radius 1 is 1.45 bits per heavy atom. The average Bonchev–Trinajstić information content (AvgIpc) is 2.37. The predicted molar refractivity (Wildman–Crippen MR) is 68.7 cm³/mol. The highest BCUT2D eigenvalue weighted by atomic mass is 35.5. The number of para-hydroxylation sites is 1. The molecule has 0 aromatic heterocycles. The van der Waals surface area contributed by atoms with Crippen molar-refractivity contribution >= 4 is 18.4 Å². The van der Waals surface area contributed by atoms with Crippen LogP contribution in [0.3, 0.4) is 0 Å². The summed E-state index contributed by atoms with van der Waals surface area (Å²) in [5.41, 5.74) is 5.05. The van der Waals surface area contributed by atoms with Crippen molar-refractivity contribution in [1.29, 1.82) is 0 Å². The molecule has 2 N–H and O–H groups in total. The van der Waals surface area contributed by atoms with Gasteiger partial charge >= 0.3 is 11.9 Å². The van der Waals surface area contributed by atoms with E-state index in [0.29, 0.717) is 0 Å². The zero-order valence-electron chi connectivity index (χ0n) is 10.9. The van der Waals surface area contributed by atoms with E-state index < -0.39 is 29.5 Å². The number of hydrogen-bond donors (Lipinski definition) is 1. The number of methoxy groups -OCH3 is 1. The van der Waals surface area contributed by atoms with E-state index in [0.717, 1.165) is 13.2 Å². The van der Waals surface area contributed by atoms with Crippen molar-refractivity contribution in [1.82, 2.24) is 0 Å². The maximum absolute atomic E-state index is 13.8. The Morgan fingerprint density at radius 2 is 2.05 bits per heavy atom. The molecule has 1 atom stereocenters. The fourth-order valence-corrected chi connectivity index (χ4v) is 1.54. The first-order valence-electron chi connectivity index (χ1n) is 5.49. The van der Waals surface area contributed by atoms with Gasteiger partial charge < -0.3 is 15.2 Å². The Labute approximate surface area is 120 Å². The lowest BCUT2D eigenvalue weighted by Crippen LogP contribution is -2.42. The molecule has 114 valence electrons. The number of carbonyl (C=O) groups excluding carboxylic acids is 1. The maximum Gasteiger partial charge on any atom is 0.379 e. The SMILES string of the molecule is CCOC(=O)C(F)(F)[C@H](N)c1cccc(F)c1OC.Cl. The number of ether oxygens (including phenoxy) is 2. The smallest absolute Gasteiger partial charge is 0.379 e. The molecule has 0 amide bonds. The van der Waals surface area contributed by atoms with Crippen molar-refractivity contribution in [3.05, 3.63) is 29.6 Å². The minimum atomic E-state index is -3.98. The Morgan fingerprint density at radius 3 is 2.55 bits per heavy atom. The first kappa shape index (κ1) is 18.5. The number of benzene rings is 1. The summed E-state index contributed by atoms with van der Waals surface area (Å²) in [5.74, 6) is -6.99. The number of esters is 1. The molecule has 0 unspecified atom stereocenters. The summed E-state index contributed by atoms with van der Waals surface area (Å²) in [5, 5.41) is 0. The second-order valence-electron chi connectivity index (χ2n) is 3.68. The van der Waals surface area contributed by atoms with Gasteiger partial charge in [0.15, 0.2) is 11.6 Å². The molecule has 1 aromatic rings. The minimum absolute atomic E-state index is 0. The molecule has 0 spiro atoms. The van der Waals surface area contributed by atoms with Gasteiger partial charge in [-0.1, -0.05) is 12.1 Å². The summed E-state index contributed by atoms with van der Waals surface area (Å²) >= 11 is 0. The highest BCUT2D eigenvalue weighted by molar-refractivity contribution is 5.85. The van der Waals surface area contributed by atoms with Gasteiger partial charge in [0.2, 0.25) is 0 Å². The topological polar surface area (TPSA) is 61.5 Å². The Kier molecular flexibility index (Phi) is 6.81. The first-order valence-corrected chi connectivity index (χ1v) is 5.49. The fourth-order valence-electron chi connectivity index (χ4n) is 1.54.